The van der Waals surface area contributed by atoms with Crippen LogP contribution in [0.1, 0.15) is 32.6 Å². The Morgan fingerprint density at radius 3 is 2.73 bits per heavy atom. The standard InChI is InChI=1S/C11H18FNO2/c1-2-8-3-6-13(7-9(8)12)10(14)11(15)4-5-11/h8-9,15H,2-7H2,1H3/t8-,9+/m1/s1. The van der Waals surface area contributed by atoms with Crippen LogP contribution < -0.4 is 0 Å². The summed E-state index contributed by atoms with van der Waals surface area (Å²) in [6, 6.07) is 0. The SMILES string of the molecule is CC[C@@H]1CCN(C(=O)C2(O)CC2)C[C@@H]1F. The predicted molar refractivity (Wildman–Crippen MR) is 54.1 cm³/mol. The van der Waals surface area contributed by atoms with Gasteiger partial charge < -0.3 is 10.0 Å². The molecule has 1 aliphatic heterocycles. The molecule has 0 unspecified atom stereocenters. The number of rotatable bonds is 2. The third-order valence-electron chi connectivity index (χ3n) is 3.61. The minimum Gasteiger partial charge on any atom is -0.380 e. The molecule has 2 atom stereocenters. The van der Waals surface area contributed by atoms with Gasteiger partial charge in [0.05, 0.1) is 6.54 Å². The zero-order chi connectivity index (χ0) is 11.1. The van der Waals surface area contributed by atoms with E-state index in [9.17, 15) is 14.3 Å². The lowest BCUT2D eigenvalue weighted by Crippen LogP contribution is -2.49. The van der Waals surface area contributed by atoms with Crippen LogP contribution >= 0.6 is 0 Å². The number of halogens is 1. The van der Waals surface area contributed by atoms with Crippen LogP contribution in [0.25, 0.3) is 0 Å². The fourth-order valence-corrected chi connectivity index (χ4v) is 2.22. The largest absolute Gasteiger partial charge is 0.380 e. The quantitative estimate of drug-likeness (QED) is 0.749. The molecule has 2 aliphatic rings. The van der Waals surface area contributed by atoms with Crippen molar-refractivity contribution in [1.29, 1.82) is 0 Å². The Balaban J connectivity index is 1.93. The molecular weight excluding hydrogens is 197 g/mol. The van der Waals surface area contributed by atoms with Gasteiger partial charge in [0.25, 0.3) is 5.91 Å². The molecule has 2 fully saturated rings. The van der Waals surface area contributed by atoms with Crippen molar-refractivity contribution in [3.63, 3.8) is 0 Å². The molecule has 3 nitrogen and oxygen atoms in total. The average molecular weight is 215 g/mol. The number of carbonyl (C=O) groups excluding carboxylic acids is 1. The summed E-state index contributed by atoms with van der Waals surface area (Å²) in [6.45, 7) is 2.74. The summed E-state index contributed by atoms with van der Waals surface area (Å²) in [6.07, 6.45) is 1.70. The van der Waals surface area contributed by atoms with Crippen LogP contribution in [-0.4, -0.2) is 40.8 Å². The van der Waals surface area contributed by atoms with Gasteiger partial charge in [0.1, 0.15) is 11.8 Å². The number of hydrogen-bond acceptors (Lipinski definition) is 2. The second-order valence-electron chi connectivity index (χ2n) is 4.76. The van der Waals surface area contributed by atoms with Gasteiger partial charge >= 0.3 is 0 Å². The molecule has 0 aromatic rings. The Bertz CT molecular complexity index is 265. The zero-order valence-electron chi connectivity index (χ0n) is 9.08. The lowest BCUT2D eigenvalue weighted by Gasteiger charge is -2.35. The van der Waals surface area contributed by atoms with E-state index in [4.69, 9.17) is 0 Å². The van der Waals surface area contributed by atoms with Crippen molar-refractivity contribution >= 4 is 5.91 Å². The molecule has 1 amide bonds. The van der Waals surface area contributed by atoms with Crippen molar-refractivity contribution in [1.82, 2.24) is 4.90 Å². The maximum Gasteiger partial charge on any atom is 0.254 e. The summed E-state index contributed by atoms with van der Waals surface area (Å²) < 4.78 is 13.6. The number of hydrogen-bond donors (Lipinski definition) is 1. The fourth-order valence-electron chi connectivity index (χ4n) is 2.22. The van der Waals surface area contributed by atoms with Gasteiger partial charge in [-0.25, -0.2) is 4.39 Å². The van der Waals surface area contributed by atoms with Gasteiger partial charge in [0.15, 0.2) is 0 Å². The number of likely N-dealkylation sites (tertiary alicyclic amines) is 1. The Morgan fingerprint density at radius 1 is 1.60 bits per heavy atom. The minimum atomic E-state index is -1.14. The highest BCUT2D eigenvalue weighted by molar-refractivity contribution is 5.87. The lowest BCUT2D eigenvalue weighted by molar-refractivity contribution is -0.145. The van der Waals surface area contributed by atoms with Gasteiger partial charge in [-0.15, -0.1) is 0 Å². The lowest BCUT2D eigenvalue weighted by atomic mass is 9.92. The number of piperidine rings is 1. The molecule has 4 heteroatoms. The van der Waals surface area contributed by atoms with Gasteiger partial charge in [-0.1, -0.05) is 13.3 Å². The molecule has 2 rings (SSSR count). The first-order chi connectivity index (χ1) is 7.07. The fraction of sp³-hybridized carbons (Fsp3) is 0.909. The first-order valence-corrected chi connectivity index (χ1v) is 5.72. The van der Waals surface area contributed by atoms with Gasteiger partial charge in [0, 0.05) is 6.54 Å². The minimum absolute atomic E-state index is 0.0860. The van der Waals surface area contributed by atoms with Crippen LogP contribution in [0.4, 0.5) is 4.39 Å². The van der Waals surface area contributed by atoms with Gasteiger partial charge in [-0.3, -0.25) is 4.79 Å². The highest BCUT2D eigenvalue weighted by Crippen LogP contribution is 2.38. The van der Waals surface area contributed by atoms with E-state index in [1.807, 2.05) is 6.92 Å². The van der Waals surface area contributed by atoms with Crippen molar-refractivity contribution < 1.29 is 14.3 Å². The van der Waals surface area contributed by atoms with E-state index in [1.165, 1.54) is 4.90 Å². The molecule has 1 saturated carbocycles. The maximum atomic E-state index is 13.6. The normalized spacial score (nSPS) is 33.9. The Morgan fingerprint density at radius 2 is 2.27 bits per heavy atom. The van der Waals surface area contributed by atoms with E-state index in [2.05, 4.69) is 0 Å². The van der Waals surface area contributed by atoms with Crippen LogP contribution in [0.15, 0.2) is 0 Å². The van der Waals surface area contributed by atoms with Gasteiger partial charge in [-0.05, 0) is 25.2 Å². The second kappa shape index (κ2) is 3.74. The van der Waals surface area contributed by atoms with E-state index < -0.39 is 11.8 Å². The summed E-state index contributed by atoms with van der Waals surface area (Å²) in [5.41, 5.74) is -1.14. The summed E-state index contributed by atoms with van der Waals surface area (Å²) in [7, 11) is 0. The number of amides is 1. The number of alkyl halides is 1. The van der Waals surface area contributed by atoms with Crippen molar-refractivity contribution in [3.8, 4) is 0 Å². The zero-order valence-corrected chi connectivity index (χ0v) is 9.08. The van der Waals surface area contributed by atoms with Crippen molar-refractivity contribution in [3.05, 3.63) is 0 Å². The van der Waals surface area contributed by atoms with Crippen LogP contribution in [0.5, 0.6) is 0 Å². The molecule has 86 valence electrons. The molecule has 15 heavy (non-hydrogen) atoms. The monoisotopic (exact) mass is 215 g/mol. The predicted octanol–water partition coefficient (Wildman–Crippen LogP) is 1.11. The smallest absolute Gasteiger partial charge is 0.254 e. The highest BCUT2D eigenvalue weighted by atomic mass is 19.1. The third-order valence-corrected chi connectivity index (χ3v) is 3.61. The second-order valence-corrected chi connectivity index (χ2v) is 4.76. The summed E-state index contributed by atoms with van der Waals surface area (Å²) >= 11 is 0. The Labute approximate surface area is 89.3 Å². The molecule has 1 heterocycles. The molecule has 1 saturated heterocycles. The first-order valence-electron chi connectivity index (χ1n) is 5.72. The maximum absolute atomic E-state index is 13.6. The third kappa shape index (κ3) is 2.00. The molecule has 1 N–H and O–H groups in total. The van der Waals surface area contributed by atoms with Gasteiger partial charge in [0.2, 0.25) is 0 Å². The van der Waals surface area contributed by atoms with Crippen LogP contribution in [0, 0.1) is 5.92 Å². The highest BCUT2D eigenvalue weighted by Gasteiger charge is 2.51. The van der Waals surface area contributed by atoms with E-state index in [0.29, 0.717) is 19.4 Å². The summed E-state index contributed by atoms with van der Waals surface area (Å²) in [5.74, 6) is -0.178. The number of carbonyl (C=O) groups is 1. The van der Waals surface area contributed by atoms with Crippen LogP contribution in [-0.2, 0) is 4.79 Å². The Kier molecular flexibility index (Phi) is 2.71. The van der Waals surface area contributed by atoms with E-state index in [-0.39, 0.29) is 18.4 Å². The summed E-state index contributed by atoms with van der Waals surface area (Å²) in [4.78, 5) is 13.2. The molecule has 0 bridgehead atoms. The number of nitrogens with zero attached hydrogens (tertiary/aromatic N) is 1. The van der Waals surface area contributed by atoms with Crippen LogP contribution in [0.3, 0.4) is 0 Å². The number of aliphatic hydroxyl groups is 1. The molecular formula is C11H18FNO2. The molecule has 0 spiro atoms. The van der Waals surface area contributed by atoms with Gasteiger partial charge in [-0.2, -0.15) is 0 Å². The molecule has 1 aliphatic carbocycles. The van der Waals surface area contributed by atoms with Crippen molar-refractivity contribution in [2.45, 2.75) is 44.4 Å². The molecule has 0 aromatic carbocycles. The van der Waals surface area contributed by atoms with Crippen molar-refractivity contribution in [2.24, 2.45) is 5.92 Å². The molecule has 0 radical (unpaired) electrons. The Hall–Kier alpha value is -0.640. The van der Waals surface area contributed by atoms with Crippen LogP contribution in [0.2, 0.25) is 0 Å². The molecule has 0 aromatic heterocycles. The van der Waals surface area contributed by atoms with E-state index in [1.54, 1.807) is 0 Å². The topological polar surface area (TPSA) is 40.5 Å². The average Bonchev–Trinajstić information content (AvgIpc) is 2.96. The van der Waals surface area contributed by atoms with Crippen molar-refractivity contribution in [2.75, 3.05) is 13.1 Å². The first kappa shape index (κ1) is 10.9. The van der Waals surface area contributed by atoms with E-state index >= 15 is 0 Å². The summed E-state index contributed by atoms with van der Waals surface area (Å²) in [5, 5.41) is 9.65. The van der Waals surface area contributed by atoms with E-state index in [0.717, 1.165) is 12.8 Å².